The SMILES string of the molecule is CC(=O)NC[C@H]1CN(c2cc(F)c(N3CC[C@H](n4ncnn4)C3)c(F)c2)C(=O)O1. The summed E-state index contributed by atoms with van der Waals surface area (Å²) in [7, 11) is 0. The zero-order valence-electron chi connectivity index (χ0n) is 15.6. The molecule has 0 aliphatic carbocycles. The van der Waals surface area contributed by atoms with Gasteiger partial charge in [0.1, 0.15) is 11.8 Å². The first kappa shape index (κ1) is 19.0. The lowest BCUT2D eigenvalue weighted by Gasteiger charge is -2.22. The fourth-order valence-corrected chi connectivity index (χ4v) is 3.58. The smallest absolute Gasteiger partial charge is 0.414 e. The molecule has 0 spiro atoms. The Labute approximate surface area is 164 Å². The van der Waals surface area contributed by atoms with E-state index in [1.165, 1.54) is 18.0 Å². The number of tetrazole rings is 1. The van der Waals surface area contributed by atoms with E-state index in [2.05, 4.69) is 20.7 Å². The molecule has 4 rings (SSSR count). The maximum Gasteiger partial charge on any atom is 0.414 e. The standard InChI is InChI=1S/C17H19F2N7O3/c1-10(27)20-6-13-8-25(17(28)29-13)12-4-14(18)16(15(19)5-12)24-3-2-11(7-24)26-22-9-21-23-26/h4-5,9,11,13H,2-3,6-8H2,1H3,(H,20,27)/t11-,13-/m0/s1. The van der Waals surface area contributed by atoms with Gasteiger partial charge in [0.05, 0.1) is 24.8 Å². The van der Waals surface area contributed by atoms with Crippen LogP contribution in [0.25, 0.3) is 0 Å². The lowest BCUT2D eigenvalue weighted by molar-refractivity contribution is -0.119. The predicted molar refractivity (Wildman–Crippen MR) is 96.3 cm³/mol. The van der Waals surface area contributed by atoms with Crippen molar-refractivity contribution >= 4 is 23.4 Å². The van der Waals surface area contributed by atoms with Gasteiger partial charge in [0, 0.05) is 32.1 Å². The zero-order valence-corrected chi connectivity index (χ0v) is 15.6. The molecule has 2 fully saturated rings. The third kappa shape index (κ3) is 3.82. The lowest BCUT2D eigenvalue weighted by Crippen LogP contribution is -2.33. The number of hydrogen-bond donors (Lipinski definition) is 1. The van der Waals surface area contributed by atoms with Crippen molar-refractivity contribution in [2.75, 3.05) is 36.0 Å². The molecular formula is C17H19F2N7O3. The molecule has 0 bridgehead atoms. The predicted octanol–water partition coefficient (Wildman–Crippen LogP) is 0.864. The van der Waals surface area contributed by atoms with Gasteiger partial charge >= 0.3 is 6.09 Å². The third-order valence-electron chi connectivity index (χ3n) is 4.94. The number of nitrogens with zero attached hydrogens (tertiary/aromatic N) is 6. The van der Waals surface area contributed by atoms with Crippen LogP contribution in [-0.2, 0) is 9.53 Å². The van der Waals surface area contributed by atoms with Crippen molar-refractivity contribution in [2.24, 2.45) is 0 Å². The molecule has 3 heterocycles. The van der Waals surface area contributed by atoms with Gasteiger partial charge in [0.2, 0.25) is 5.91 Å². The molecule has 12 heteroatoms. The Morgan fingerprint density at radius 2 is 2.07 bits per heavy atom. The van der Waals surface area contributed by atoms with Gasteiger partial charge in [0.25, 0.3) is 0 Å². The second-order valence-corrected chi connectivity index (χ2v) is 6.96. The molecule has 2 aliphatic rings. The summed E-state index contributed by atoms with van der Waals surface area (Å²) in [5.74, 6) is -1.80. The molecule has 1 aromatic carbocycles. The normalized spacial score (nSPS) is 21.6. The minimum Gasteiger partial charge on any atom is -0.442 e. The average Bonchev–Trinajstić information content (AvgIpc) is 3.40. The number of cyclic esters (lactones) is 1. The Morgan fingerprint density at radius 1 is 1.31 bits per heavy atom. The number of nitrogens with one attached hydrogen (secondary N) is 1. The van der Waals surface area contributed by atoms with Gasteiger partial charge in [-0.05, 0) is 11.6 Å². The first-order valence-electron chi connectivity index (χ1n) is 9.11. The number of anilines is 2. The van der Waals surface area contributed by atoms with E-state index in [-0.39, 0.29) is 36.4 Å². The van der Waals surface area contributed by atoms with Crippen LogP contribution in [0.15, 0.2) is 18.5 Å². The first-order valence-corrected chi connectivity index (χ1v) is 9.11. The lowest BCUT2D eigenvalue weighted by atomic mass is 10.2. The molecule has 2 amide bonds. The van der Waals surface area contributed by atoms with Gasteiger partial charge < -0.3 is 15.0 Å². The number of benzene rings is 1. The highest BCUT2D eigenvalue weighted by molar-refractivity contribution is 5.90. The van der Waals surface area contributed by atoms with Crippen molar-refractivity contribution in [2.45, 2.75) is 25.5 Å². The number of ether oxygens (including phenoxy) is 1. The highest BCUT2D eigenvalue weighted by Crippen LogP contribution is 2.34. The molecule has 0 unspecified atom stereocenters. The number of rotatable bonds is 5. The molecule has 2 saturated heterocycles. The summed E-state index contributed by atoms with van der Waals surface area (Å²) in [5.41, 5.74) is -0.0912. The van der Waals surface area contributed by atoms with E-state index >= 15 is 0 Å². The molecule has 2 aliphatic heterocycles. The van der Waals surface area contributed by atoms with Gasteiger partial charge in [-0.25, -0.2) is 13.6 Å². The van der Waals surface area contributed by atoms with E-state index in [9.17, 15) is 18.4 Å². The number of carbonyl (C=O) groups excluding carboxylic acids is 2. The van der Waals surface area contributed by atoms with E-state index < -0.39 is 23.8 Å². The Kier molecular flexibility index (Phi) is 4.99. The molecule has 10 nitrogen and oxygen atoms in total. The second-order valence-electron chi connectivity index (χ2n) is 6.96. The average molecular weight is 407 g/mol. The van der Waals surface area contributed by atoms with Crippen molar-refractivity contribution < 1.29 is 23.1 Å². The summed E-state index contributed by atoms with van der Waals surface area (Å²) in [5, 5.41) is 14.0. The van der Waals surface area contributed by atoms with Crippen LogP contribution >= 0.6 is 0 Å². The summed E-state index contributed by atoms with van der Waals surface area (Å²) >= 11 is 0. The summed E-state index contributed by atoms with van der Waals surface area (Å²) in [6.45, 7) is 2.34. The number of aromatic nitrogens is 4. The summed E-state index contributed by atoms with van der Waals surface area (Å²) in [6, 6.07) is 2.10. The molecule has 0 saturated carbocycles. The second kappa shape index (κ2) is 7.60. The van der Waals surface area contributed by atoms with Crippen LogP contribution in [0, 0.1) is 11.6 Å². The van der Waals surface area contributed by atoms with Crippen LogP contribution in [0.4, 0.5) is 25.0 Å². The number of halogens is 2. The van der Waals surface area contributed by atoms with E-state index in [1.54, 1.807) is 4.90 Å². The van der Waals surface area contributed by atoms with Crippen molar-refractivity contribution in [3.8, 4) is 0 Å². The molecule has 1 N–H and O–H groups in total. The molecule has 29 heavy (non-hydrogen) atoms. The van der Waals surface area contributed by atoms with E-state index in [0.29, 0.717) is 19.5 Å². The van der Waals surface area contributed by atoms with Gasteiger partial charge in [-0.3, -0.25) is 9.69 Å². The maximum atomic E-state index is 14.8. The van der Waals surface area contributed by atoms with E-state index in [0.717, 1.165) is 17.0 Å². The van der Waals surface area contributed by atoms with Crippen molar-refractivity contribution in [3.05, 3.63) is 30.1 Å². The van der Waals surface area contributed by atoms with E-state index in [4.69, 9.17) is 4.74 Å². The van der Waals surface area contributed by atoms with E-state index in [1.807, 2.05) is 0 Å². The number of carbonyl (C=O) groups is 2. The third-order valence-corrected chi connectivity index (χ3v) is 4.94. The van der Waals surface area contributed by atoms with Gasteiger partial charge in [0.15, 0.2) is 18.0 Å². The Bertz CT molecular complexity index is 901. The Balaban J connectivity index is 1.49. The largest absolute Gasteiger partial charge is 0.442 e. The van der Waals surface area contributed by atoms with Crippen LogP contribution in [0.3, 0.4) is 0 Å². The minimum atomic E-state index is -0.773. The van der Waals surface area contributed by atoms with Crippen LogP contribution in [0.2, 0.25) is 0 Å². The zero-order chi connectivity index (χ0) is 20.5. The van der Waals surface area contributed by atoms with Gasteiger partial charge in [-0.2, -0.15) is 4.80 Å². The summed E-state index contributed by atoms with van der Waals surface area (Å²) in [6.07, 6.45) is 0.629. The van der Waals surface area contributed by atoms with Gasteiger partial charge in [-0.15, -0.1) is 10.2 Å². The topological polar surface area (TPSA) is 105 Å². The Morgan fingerprint density at radius 3 is 2.72 bits per heavy atom. The molecule has 154 valence electrons. The monoisotopic (exact) mass is 407 g/mol. The highest BCUT2D eigenvalue weighted by Gasteiger charge is 2.35. The highest BCUT2D eigenvalue weighted by atomic mass is 19.1. The van der Waals surface area contributed by atoms with Crippen LogP contribution in [-0.4, -0.2) is 64.5 Å². The van der Waals surface area contributed by atoms with Crippen molar-refractivity contribution in [3.63, 3.8) is 0 Å². The minimum absolute atomic E-state index is 0.0627. The molecule has 1 aromatic heterocycles. The quantitative estimate of drug-likeness (QED) is 0.784. The molecule has 2 atom stereocenters. The molecular weight excluding hydrogens is 388 g/mol. The van der Waals surface area contributed by atoms with Crippen molar-refractivity contribution in [1.29, 1.82) is 0 Å². The van der Waals surface area contributed by atoms with Crippen LogP contribution in [0.1, 0.15) is 19.4 Å². The number of amides is 2. The van der Waals surface area contributed by atoms with Crippen molar-refractivity contribution in [1.82, 2.24) is 25.5 Å². The Hall–Kier alpha value is -3.31. The summed E-state index contributed by atoms with van der Waals surface area (Å²) < 4.78 is 34.7. The first-order chi connectivity index (χ1) is 13.9. The maximum absolute atomic E-state index is 14.8. The fourth-order valence-electron chi connectivity index (χ4n) is 3.58. The molecule has 2 aromatic rings. The fraction of sp³-hybridized carbons (Fsp3) is 0.471. The molecule has 0 radical (unpaired) electrons. The van der Waals surface area contributed by atoms with Crippen LogP contribution in [0.5, 0.6) is 0 Å². The van der Waals surface area contributed by atoms with Gasteiger partial charge in [-0.1, -0.05) is 0 Å². The number of hydrogen-bond acceptors (Lipinski definition) is 7. The van der Waals surface area contributed by atoms with Crippen LogP contribution < -0.4 is 15.1 Å². The summed E-state index contributed by atoms with van der Waals surface area (Å²) in [4.78, 5) is 27.2.